The Morgan fingerprint density at radius 3 is 3.06 bits per heavy atom. The van der Waals surface area contributed by atoms with Gasteiger partial charge in [-0.25, -0.2) is 9.37 Å². The van der Waals surface area contributed by atoms with E-state index in [0.717, 1.165) is 31.0 Å². The summed E-state index contributed by atoms with van der Waals surface area (Å²) in [5.41, 5.74) is 0.993. The Hall–Kier alpha value is -1.84. The minimum absolute atomic E-state index is 0.183. The van der Waals surface area contributed by atoms with Crippen molar-refractivity contribution in [2.45, 2.75) is 19.9 Å². The van der Waals surface area contributed by atoms with Gasteiger partial charge in [0.05, 0.1) is 0 Å². The first-order valence-corrected chi connectivity index (χ1v) is 5.79. The second-order valence-electron chi connectivity index (χ2n) is 3.84. The molecule has 0 bridgehead atoms. The van der Waals surface area contributed by atoms with Gasteiger partial charge in [0, 0.05) is 25.5 Å². The average Bonchev–Trinajstić information content (AvgIpc) is 2.77. The lowest BCUT2D eigenvalue weighted by Gasteiger charge is -2.07. The molecule has 0 aliphatic rings. The third kappa shape index (κ3) is 3.06. The van der Waals surface area contributed by atoms with E-state index in [9.17, 15) is 4.39 Å². The van der Waals surface area contributed by atoms with Gasteiger partial charge < -0.3 is 9.88 Å². The van der Waals surface area contributed by atoms with E-state index >= 15 is 0 Å². The first-order chi connectivity index (χ1) is 8.29. The molecule has 17 heavy (non-hydrogen) atoms. The predicted molar refractivity (Wildman–Crippen MR) is 66.5 cm³/mol. The van der Waals surface area contributed by atoms with Crippen molar-refractivity contribution in [2.24, 2.45) is 0 Å². The fraction of sp³-hybridized carbons (Fsp3) is 0.308. The molecular formula is C13H16FN3. The highest BCUT2D eigenvalue weighted by Crippen LogP contribution is 2.06. The molecule has 0 unspecified atom stereocenters. The maximum absolute atomic E-state index is 12.9. The summed E-state index contributed by atoms with van der Waals surface area (Å²) in [5.74, 6) is 0.682. The van der Waals surface area contributed by atoms with Gasteiger partial charge in [-0.2, -0.15) is 0 Å². The van der Waals surface area contributed by atoms with Crippen LogP contribution in [-0.2, 0) is 13.0 Å². The monoisotopic (exact) mass is 233 g/mol. The van der Waals surface area contributed by atoms with Crippen LogP contribution in [0.15, 0.2) is 36.7 Å². The summed E-state index contributed by atoms with van der Waals surface area (Å²) < 4.78 is 15.0. The van der Waals surface area contributed by atoms with Gasteiger partial charge in [0.15, 0.2) is 0 Å². The lowest BCUT2D eigenvalue weighted by atomic mass is 10.1. The molecule has 4 heteroatoms. The van der Waals surface area contributed by atoms with Crippen molar-refractivity contribution in [2.75, 3.05) is 11.9 Å². The minimum atomic E-state index is -0.183. The Morgan fingerprint density at radius 1 is 1.41 bits per heavy atom. The molecule has 0 spiro atoms. The molecule has 1 aromatic heterocycles. The summed E-state index contributed by atoms with van der Waals surface area (Å²) in [6.45, 7) is 3.71. The molecule has 0 radical (unpaired) electrons. The van der Waals surface area contributed by atoms with E-state index in [-0.39, 0.29) is 5.82 Å². The summed E-state index contributed by atoms with van der Waals surface area (Å²) in [7, 11) is 0. The third-order valence-electron chi connectivity index (χ3n) is 2.64. The lowest BCUT2D eigenvalue weighted by Crippen LogP contribution is -2.10. The summed E-state index contributed by atoms with van der Waals surface area (Å²) in [6, 6.07) is 6.68. The lowest BCUT2D eigenvalue weighted by molar-refractivity contribution is 0.625. The van der Waals surface area contributed by atoms with Crippen LogP contribution < -0.4 is 5.32 Å². The highest BCUT2D eigenvalue weighted by Gasteiger charge is 2.00. The van der Waals surface area contributed by atoms with E-state index < -0.39 is 0 Å². The molecule has 2 rings (SSSR count). The van der Waals surface area contributed by atoms with Gasteiger partial charge in [-0.3, -0.25) is 0 Å². The highest BCUT2D eigenvalue weighted by molar-refractivity contribution is 5.26. The van der Waals surface area contributed by atoms with Gasteiger partial charge in [0.1, 0.15) is 5.82 Å². The molecule has 0 fully saturated rings. The van der Waals surface area contributed by atoms with Gasteiger partial charge in [-0.15, -0.1) is 0 Å². The first kappa shape index (κ1) is 11.6. The summed E-state index contributed by atoms with van der Waals surface area (Å²) >= 11 is 0. The van der Waals surface area contributed by atoms with E-state index in [1.807, 2.05) is 16.8 Å². The molecule has 0 amide bonds. The van der Waals surface area contributed by atoms with Crippen molar-refractivity contribution >= 4 is 5.95 Å². The molecule has 3 nitrogen and oxygen atoms in total. The summed E-state index contributed by atoms with van der Waals surface area (Å²) in [5, 5.41) is 3.24. The van der Waals surface area contributed by atoms with Crippen LogP contribution in [0, 0.1) is 5.82 Å². The number of benzene rings is 1. The number of aromatic nitrogens is 2. The molecule has 1 aromatic carbocycles. The van der Waals surface area contributed by atoms with Crippen LogP contribution in [0.2, 0.25) is 0 Å². The Kier molecular flexibility index (Phi) is 3.75. The average molecular weight is 233 g/mol. The molecular weight excluding hydrogens is 217 g/mol. The molecule has 90 valence electrons. The van der Waals surface area contributed by atoms with Gasteiger partial charge in [0.2, 0.25) is 5.95 Å². The number of hydrogen-bond donors (Lipinski definition) is 1. The van der Waals surface area contributed by atoms with Crippen molar-refractivity contribution in [3.63, 3.8) is 0 Å². The summed E-state index contributed by atoms with van der Waals surface area (Å²) in [6.07, 6.45) is 4.49. The smallest absolute Gasteiger partial charge is 0.202 e. The second kappa shape index (κ2) is 5.48. The fourth-order valence-corrected chi connectivity index (χ4v) is 1.74. The van der Waals surface area contributed by atoms with Crippen LogP contribution in [0.4, 0.5) is 10.3 Å². The van der Waals surface area contributed by atoms with Gasteiger partial charge >= 0.3 is 0 Å². The third-order valence-corrected chi connectivity index (χ3v) is 2.64. The summed E-state index contributed by atoms with van der Waals surface area (Å²) in [4.78, 5) is 4.21. The minimum Gasteiger partial charge on any atom is -0.355 e. The Morgan fingerprint density at radius 2 is 2.29 bits per heavy atom. The second-order valence-corrected chi connectivity index (χ2v) is 3.84. The van der Waals surface area contributed by atoms with Gasteiger partial charge in [0.25, 0.3) is 0 Å². The van der Waals surface area contributed by atoms with E-state index in [1.54, 1.807) is 18.3 Å². The number of nitrogens with zero attached hydrogens (tertiary/aromatic N) is 2. The van der Waals surface area contributed by atoms with E-state index in [1.165, 1.54) is 6.07 Å². The van der Waals surface area contributed by atoms with Crippen molar-refractivity contribution in [1.29, 1.82) is 0 Å². The Balaban J connectivity index is 1.87. The number of anilines is 1. The van der Waals surface area contributed by atoms with Crippen LogP contribution in [0.25, 0.3) is 0 Å². The van der Waals surface area contributed by atoms with Crippen LogP contribution in [0.3, 0.4) is 0 Å². The molecule has 0 saturated carbocycles. The highest BCUT2D eigenvalue weighted by atomic mass is 19.1. The normalized spacial score (nSPS) is 10.5. The number of imidazole rings is 1. The van der Waals surface area contributed by atoms with Gasteiger partial charge in [-0.1, -0.05) is 12.1 Å². The number of rotatable bonds is 5. The van der Waals surface area contributed by atoms with E-state index in [2.05, 4.69) is 17.2 Å². The zero-order chi connectivity index (χ0) is 12.1. The van der Waals surface area contributed by atoms with Crippen LogP contribution in [0.1, 0.15) is 12.5 Å². The van der Waals surface area contributed by atoms with Crippen molar-refractivity contribution in [3.05, 3.63) is 48.0 Å². The van der Waals surface area contributed by atoms with E-state index in [4.69, 9.17) is 0 Å². The standard InChI is InChI=1S/C13H16FN3/c1-2-17-9-8-16-13(17)15-7-6-11-4-3-5-12(14)10-11/h3-5,8-10H,2,6-7H2,1H3,(H,15,16). The van der Waals surface area contributed by atoms with E-state index in [0.29, 0.717) is 0 Å². The predicted octanol–water partition coefficient (Wildman–Crippen LogP) is 2.70. The largest absolute Gasteiger partial charge is 0.355 e. The topological polar surface area (TPSA) is 29.9 Å². The molecule has 0 aliphatic carbocycles. The molecule has 0 aliphatic heterocycles. The van der Waals surface area contributed by atoms with Gasteiger partial charge in [-0.05, 0) is 31.0 Å². The fourth-order valence-electron chi connectivity index (χ4n) is 1.74. The molecule has 1 heterocycles. The Bertz CT molecular complexity index is 479. The van der Waals surface area contributed by atoms with Crippen molar-refractivity contribution in [3.8, 4) is 0 Å². The molecule has 1 N–H and O–H groups in total. The Labute approximate surface area is 100 Å². The van der Waals surface area contributed by atoms with Crippen molar-refractivity contribution < 1.29 is 4.39 Å². The number of halogens is 1. The van der Waals surface area contributed by atoms with Crippen LogP contribution in [0.5, 0.6) is 0 Å². The molecule has 0 atom stereocenters. The van der Waals surface area contributed by atoms with Crippen LogP contribution >= 0.6 is 0 Å². The maximum atomic E-state index is 12.9. The molecule has 2 aromatic rings. The number of aryl methyl sites for hydroxylation is 1. The van der Waals surface area contributed by atoms with Crippen molar-refractivity contribution in [1.82, 2.24) is 9.55 Å². The maximum Gasteiger partial charge on any atom is 0.202 e. The quantitative estimate of drug-likeness (QED) is 0.860. The SMILES string of the molecule is CCn1ccnc1NCCc1cccc(F)c1. The number of hydrogen-bond acceptors (Lipinski definition) is 2. The van der Waals surface area contributed by atoms with Crippen LogP contribution in [-0.4, -0.2) is 16.1 Å². The number of nitrogens with one attached hydrogen (secondary N) is 1. The zero-order valence-electron chi connectivity index (χ0n) is 9.86. The zero-order valence-corrected chi connectivity index (χ0v) is 9.86. The molecule has 0 saturated heterocycles. The first-order valence-electron chi connectivity index (χ1n) is 5.79.